The highest BCUT2D eigenvalue weighted by Crippen LogP contribution is 2.45. The fraction of sp³-hybridized carbons (Fsp3) is 0.375. The van der Waals surface area contributed by atoms with E-state index in [4.69, 9.17) is 15.2 Å². The van der Waals surface area contributed by atoms with E-state index in [1.165, 1.54) is 0 Å². The van der Waals surface area contributed by atoms with Crippen LogP contribution in [0.1, 0.15) is 23.2 Å². The van der Waals surface area contributed by atoms with Gasteiger partial charge in [0.05, 0.1) is 17.8 Å². The largest absolute Gasteiger partial charge is 0.458 e. The summed E-state index contributed by atoms with van der Waals surface area (Å²) in [5.74, 6) is -0.488. The number of hydrogen-bond acceptors (Lipinski definition) is 6. The third-order valence-electron chi connectivity index (χ3n) is 5.95. The molecule has 1 saturated carbocycles. The molecule has 6 nitrogen and oxygen atoms in total. The quantitative estimate of drug-likeness (QED) is 0.501. The van der Waals surface area contributed by atoms with E-state index in [1.54, 1.807) is 18.2 Å². The molecule has 0 amide bonds. The molecule has 1 aliphatic carbocycles. The number of esters is 1. The second-order valence-electron chi connectivity index (χ2n) is 7.92. The maximum absolute atomic E-state index is 12.8. The van der Waals surface area contributed by atoms with Gasteiger partial charge in [0, 0.05) is 25.3 Å². The van der Waals surface area contributed by atoms with Gasteiger partial charge in [0.2, 0.25) is 0 Å². The highest BCUT2D eigenvalue weighted by molar-refractivity contribution is 5.90. The number of carbonyl (C=O) groups excluding carboxylic acids is 1. The highest BCUT2D eigenvalue weighted by Gasteiger charge is 2.49. The van der Waals surface area contributed by atoms with E-state index in [0.717, 1.165) is 11.1 Å². The second kappa shape index (κ2) is 9.10. The summed E-state index contributed by atoms with van der Waals surface area (Å²) in [5, 5.41) is 19.6. The van der Waals surface area contributed by atoms with Crippen LogP contribution in [-0.2, 0) is 9.47 Å². The molecule has 0 aromatic heterocycles. The summed E-state index contributed by atoms with van der Waals surface area (Å²) in [6, 6.07) is 17.3. The number of ether oxygens (including phenoxy) is 2. The van der Waals surface area contributed by atoms with Crippen LogP contribution in [0.5, 0.6) is 0 Å². The molecule has 1 aliphatic heterocycles. The minimum Gasteiger partial charge on any atom is -0.458 e. The summed E-state index contributed by atoms with van der Waals surface area (Å²) >= 11 is 0. The minimum atomic E-state index is -0.794. The monoisotopic (exact) mass is 409 g/mol. The first kappa shape index (κ1) is 20.8. The number of benzene rings is 2. The molecule has 0 spiro atoms. The number of aliphatic hydroxyl groups is 2. The van der Waals surface area contributed by atoms with Crippen molar-refractivity contribution >= 4 is 5.97 Å². The Balaban J connectivity index is 1.46. The van der Waals surface area contributed by atoms with E-state index in [2.05, 4.69) is 0 Å². The zero-order chi connectivity index (χ0) is 21.1. The van der Waals surface area contributed by atoms with Gasteiger partial charge >= 0.3 is 5.97 Å². The number of nitrogens with two attached hydrogens (primary N) is 1. The zero-order valence-corrected chi connectivity index (χ0v) is 16.6. The Morgan fingerprint density at radius 1 is 1.13 bits per heavy atom. The molecule has 6 heteroatoms. The summed E-state index contributed by atoms with van der Waals surface area (Å²) in [6.07, 6.45) is 2.39. The Morgan fingerprint density at radius 3 is 2.53 bits per heavy atom. The lowest BCUT2D eigenvalue weighted by atomic mass is 9.91. The molecule has 1 heterocycles. The normalized spacial score (nSPS) is 29.1. The second-order valence-corrected chi connectivity index (χ2v) is 7.92. The van der Waals surface area contributed by atoms with Crippen LogP contribution in [0, 0.1) is 11.8 Å². The highest BCUT2D eigenvalue weighted by atomic mass is 16.6. The predicted molar refractivity (Wildman–Crippen MR) is 112 cm³/mol. The van der Waals surface area contributed by atoms with Crippen LogP contribution < -0.4 is 5.73 Å². The van der Waals surface area contributed by atoms with Crippen LogP contribution in [0.15, 0.2) is 66.7 Å². The van der Waals surface area contributed by atoms with Gasteiger partial charge < -0.3 is 25.4 Å². The molecule has 6 atom stereocenters. The van der Waals surface area contributed by atoms with E-state index in [9.17, 15) is 15.0 Å². The van der Waals surface area contributed by atoms with Crippen molar-refractivity contribution in [1.29, 1.82) is 0 Å². The first-order chi connectivity index (χ1) is 14.5. The van der Waals surface area contributed by atoms with Gasteiger partial charge in [-0.2, -0.15) is 0 Å². The molecule has 2 aromatic rings. The molecule has 30 heavy (non-hydrogen) atoms. The standard InChI is InChI=1S/C24H27NO5/c25-14-18(26)10-11-19-20-12-23(27)29-22(20)13-21(19)30-24(28)17-8-6-16(7-9-17)15-4-2-1-3-5-15/h1-11,18-23,26-27H,12-14,25H2/b11-10+/t18-,19-,20-,21?,22+,23?/m1/s1. The zero-order valence-electron chi connectivity index (χ0n) is 16.6. The van der Waals surface area contributed by atoms with Crippen LogP contribution >= 0.6 is 0 Å². The van der Waals surface area contributed by atoms with Crippen molar-refractivity contribution in [2.45, 2.75) is 37.4 Å². The molecule has 158 valence electrons. The summed E-state index contributed by atoms with van der Waals surface area (Å²) < 4.78 is 11.4. The van der Waals surface area contributed by atoms with Crippen LogP contribution in [0.2, 0.25) is 0 Å². The lowest BCUT2D eigenvalue weighted by Crippen LogP contribution is -2.26. The minimum absolute atomic E-state index is 0.0412. The topological polar surface area (TPSA) is 102 Å². The first-order valence-corrected chi connectivity index (χ1v) is 10.3. The van der Waals surface area contributed by atoms with E-state index in [1.807, 2.05) is 48.5 Å². The third kappa shape index (κ3) is 4.47. The van der Waals surface area contributed by atoms with Crippen LogP contribution in [-0.4, -0.2) is 47.3 Å². The first-order valence-electron chi connectivity index (χ1n) is 10.3. The lowest BCUT2D eigenvalue weighted by Gasteiger charge is -2.21. The van der Waals surface area contributed by atoms with Gasteiger partial charge in [-0.25, -0.2) is 4.79 Å². The van der Waals surface area contributed by atoms with E-state index in [0.29, 0.717) is 18.4 Å². The van der Waals surface area contributed by atoms with Gasteiger partial charge in [0.1, 0.15) is 6.10 Å². The average molecular weight is 409 g/mol. The molecule has 2 aliphatic rings. The molecular formula is C24H27NO5. The fourth-order valence-electron chi connectivity index (χ4n) is 4.40. The van der Waals surface area contributed by atoms with Crippen LogP contribution in [0.4, 0.5) is 0 Å². The van der Waals surface area contributed by atoms with Gasteiger partial charge in [0.15, 0.2) is 6.29 Å². The molecule has 4 N–H and O–H groups in total. The Hall–Kier alpha value is -2.51. The van der Waals surface area contributed by atoms with Crippen molar-refractivity contribution in [2.24, 2.45) is 17.6 Å². The fourth-order valence-corrected chi connectivity index (χ4v) is 4.40. The van der Waals surface area contributed by atoms with E-state index >= 15 is 0 Å². The lowest BCUT2D eigenvalue weighted by molar-refractivity contribution is -0.0955. The Bertz CT molecular complexity index is 882. The van der Waals surface area contributed by atoms with Crippen LogP contribution in [0.3, 0.4) is 0 Å². The SMILES string of the molecule is NC[C@H](O)/C=C/[C@H]1C(OC(=O)c2ccc(-c3ccccc3)cc2)C[C@@H]2OC(O)C[C@@H]21. The van der Waals surface area contributed by atoms with Gasteiger partial charge in [0.25, 0.3) is 0 Å². The Morgan fingerprint density at radius 2 is 1.83 bits per heavy atom. The molecule has 2 unspecified atom stereocenters. The van der Waals surface area contributed by atoms with E-state index in [-0.39, 0.29) is 30.6 Å². The van der Waals surface area contributed by atoms with Crippen molar-refractivity contribution in [3.05, 3.63) is 72.3 Å². The number of fused-ring (bicyclic) bond motifs is 1. The Kier molecular flexibility index (Phi) is 6.29. The maximum Gasteiger partial charge on any atom is 0.338 e. The summed E-state index contributed by atoms with van der Waals surface area (Å²) in [6.45, 7) is 0.120. The smallest absolute Gasteiger partial charge is 0.338 e. The molecule has 2 fully saturated rings. The van der Waals surface area contributed by atoms with Crippen molar-refractivity contribution in [2.75, 3.05) is 6.54 Å². The van der Waals surface area contributed by atoms with Crippen molar-refractivity contribution in [3.8, 4) is 11.1 Å². The van der Waals surface area contributed by atoms with Crippen molar-refractivity contribution < 1.29 is 24.5 Å². The third-order valence-corrected chi connectivity index (χ3v) is 5.95. The van der Waals surface area contributed by atoms with Crippen molar-refractivity contribution in [3.63, 3.8) is 0 Å². The number of aliphatic hydroxyl groups excluding tert-OH is 2. The summed E-state index contributed by atoms with van der Waals surface area (Å²) in [7, 11) is 0. The number of rotatable bonds is 6. The van der Waals surface area contributed by atoms with Crippen molar-refractivity contribution in [1.82, 2.24) is 0 Å². The average Bonchev–Trinajstić information content (AvgIpc) is 3.28. The van der Waals surface area contributed by atoms with Gasteiger partial charge in [-0.15, -0.1) is 0 Å². The van der Waals surface area contributed by atoms with Gasteiger partial charge in [-0.1, -0.05) is 54.6 Å². The molecule has 0 bridgehead atoms. The predicted octanol–water partition coefficient (Wildman–Crippen LogP) is 2.50. The molecular weight excluding hydrogens is 382 g/mol. The van der Waals surface area contributed by atoms with Gasteiger partial charge in [-0.05, 0) is 29.2 Å². The molecule has 4 rings (SSSR count). The molecule has 0 radical (unpaired) electrons. The molecule has 2 aromatic carbocycles. The van der Waals surface area contributed by atoms with Gasteiger partial charge in [-0.3, -0.25) is 0 Å². The van der Waals surface area contributed by atoms with Crippen LogP contribution in [0.25, 0.3) is 11.1 Å². The van der Waals surface area contributed by atoms with E-state index < -0.39 is 18.4 Å². The molecule has 1 saturated heterocycles. The summed E-state index contributed by atoms with van der Waals surface area (Å²) in [4.78, 5) is 12.8. The Labute approximate surface area is 175 Å². The maximum atomic E-state index is 12.8. The summed E-state index contributed by atoms with van der Waals surface area (Å²) in [5.41, 5.74) is 8.08. The number of hydrogen-bond donors (Lipinski definition) is 3. The number of carbonyl (C=O) groups is 1.